The summed E-state index contributed by atoms with van der Waals surface area (Å²) >= 11 is 3.20. The third-order valence-corrected chi connectivity index (χ3v) is 14.0. The first-order valence-electron chi connectivity index (χ1n) is 22.8. The molecule has 0 bridgehead atoms. The molecule has 10 rings (SSSR count). The molecule has 6 heterocycles. The second-order valence-electron chi connectivity index (χ2n) is 17.1. The highest BCUT2D eigenvalue weighted by Crippen LogP contribution is 2.35. The molecule has 336 valence electrons. The molecule has 12 nitrogen and oxygen atoms in total. The summed E-state index contributed by atoms with van der Waals surface area (Å²) in [6.45, 7) is 13.7. The Kier molecular flexibility index (Phi) is 14.4. The molecule has 65 heavy (non-hydrogen) atoms. The lowest BCUT2D eigenvalue weighted by molar-refractivity contribution is 0.0918. The molecule has 2 fully saturated rings. The number of hydrogen-bond donors (Lipinski definition) is 1. The summed E-state index contributed by atoms with van der Waals surface area (Å²) in [5.41, 5.74) is 8.99. The zero-order chi connectivity index (χ0) is 44.7. The van der Waals surface area contributed by atoms with Gasteiger partial charge < -0.3 is 20.0 Å². The number of rotatable bonds is 11. The number of benzene rings is 4. The van der Waals surface area contributed by atoms with Crippen LogP contribution in [0.4, 0.5) is 17.3 Å². The van der Waals surface area contributed by atoms with Crippen LogP contribution < -0.4 is 20.0 Å². The van der Waals surface area contributed by atoms with Gasteiger partial charge in [0.2, 0.25) is 0 Å². The van der Waals surface area contributed by atoms with Gasteiger partial charge in [-0.3, -0.25) is 19.4 Å². The average molecular weight is 907 g/mol. The molecule has 4 aromatic carbocycles. The van der Waals surface area contributed by atoms with Crippen molar-refractivity contribution in [3.63, 3.8) is 0 Å². The normalized spacial score (nSPS) is 16.7. The minimum Gasteiger partial charge on any atom is -0.365 e. The van der Waals surface area contributed by atoms with Crippen molar-refractivity contribution < 1.29 is 9.59 Å². The second kappa shape index (κ2) is 20.8. The standard InChI is InChI=1S/C31H33N5OS.C20H25N5OS/c1-22-18-24-10-6-7-11-25(24)28(19-22)36-13-12-26-27(20-36)32-31(38-2)33-30(26)35-16-14-34(15-17-35)21-29(37)23-8-4-3-5-9-23;1-27-20-22-17-13-21-8-7-16(17)19(23-20)25-11-9-24(10-12-25)14-18(26)15-5-3-2-4-6-15/h3-11,18-19H,12-17,20-21H2,1-2H3;2-6,21H,7-14H2,1H3. The highest BCUT2D eigenvalue weighted by atomic mass is 32.2. The third kappa shape index (κ3) is 10.5. The number of aromatic nitrogens is 4. The molecule has 6 aromatic rings. The largest absolute Gasteiger partial charge is 0.365 e. The Morgan fingerprint density at radius 1 is 0.585 bits per heavy atom. The lowest BCUT2D eigenvalue weighted by Crippen LogP contribution is -2.49. The van der Waals surface area contributed by atoms with Crippen LogP contribution in [0.25, 0.3) is 10.8 Å². The number of carbonyl (C=O) groups excluding carboxylic acids is 2. The number of ketones is 2. The van der Waals surface area contributed by atoms with Crippen molar-refractivity contribution in [2.75, 3.05) is 106 Å². The molecule has 2 aromatic heterocycles. The minimum absolute atomic E-state index is 0.187. The smallest absolute Gasteiger partial charge is 0.189 e. The van der Waals surface area contributed by atoms with Crippen LogP contribution in [0.1, 0.15) is 48.8 Å². The first kappa shape index (κ1) is 44.8. The van der Waals surface area contributed by atoms with Crippen LogP contribution >= 0.6 is 23.5 Å². The molecule has 0 atom stereocenters. The molecule has 14 heteroatoms. The van der Waals surface area contributed by atoms with E-state index in [-0.39, 0.29) is 11.6 Å². The number of thioether (sulfide) groups is 2. The van der Waals surface area contributed by atoms with E-state index in [0.717, 1.165) is 136 Å². The van der Waals surface area contributed by atoms with Crippen LogP contribution in [0.2, 0.25) is 0 Å². The number of Topliss-reactive ketones (excluding diaryl/α,β-unsaturated/α-hetero) is 2. The molecule has 4 aliphatic rings. The molecule has 0 amide bonds. The van der Waals surface area contributed by atoms with Gasteiger partial charge in [-0.25, -0.2) is 19.9 Å². The van der Waals surface area contributed by atoms with Gasteiger partial charge in [0.05, 0.1) is 31.0 Å². The Morgan fingerprint density at radius 3 is 1.68 bits per heavy atom. The molecular formula is C51H58N10O2S2. The van der Waals surface area contributed by atoms with Gasteiger partial charge in [0.25, 0.3) is 0 Å². The number of nitrogens with zero attached hydrogens (tertiary/aromatic N) is 9. The molecule has 0 saturated carbocycles. The van der Waals surface area contributed by atoms with Crippen molar-refractivity contribution in [3.05, 3.63) is 136 Å². The fourth-order valence-electron chi connectivity index (χ4n) is 9.39. The molecule has 0 radical (unpaired) electrons. The summed E-state index contributed by atoms with van der Waals surface area (Å²) in [5, 5.41) is 7.65. The Bertz CT molecular complexity index is 2620. The summed E-state index contributed by atoms with van der Waals surface area (Å²) < 4.78 is 0. The summed E-state index contributed by atoms with van der Waals surface area (Å²) in [4.78, 5) is 56.4. The van der Waals surface area contributed by atoms with E-state index in [4.69, 9.17) is 15.0 Å². The van der Waals surface area contributed by atoms with E-state index in [9.17, 15) is 9.59 Å². The third-order valence-electron chi connectivity index (χ3n) is 12.9. The van der Waals surface area contributed by atoms with E-state index in [1.165, 1.54) is 33.2 Å². The zero-order valence-electron chi connectivity index (χ0n) is 37.7. The molecule has 2 saturated heterocycles. The number of hydrogen-bond acceptors (Lipinski definition) is 14. The lowest BCUT2D eigenvalue weighted by atomic mass is 10.0. The first-order chi connectivity index (χ1) is 31.8. The lowest BCUT2D eigenvalue weighted by Gasteiger charge is -2.38. The van der Waals surface area contributed by atoms with E-state index >= 15 is 0 Å². The summed E-state index contributed by atoms with van der Waals surface area (Å²) in [7, 11) is 0. The predicted molar refractivity (Wildman–Crippen MR) is 265 cm³/mol. The van der Waals surface area contributed by atoms with Gasteiger partial charge in [-0.15, -0.1) is 0 Å². The average Bonchev–Trinajstić information content (AvgIpc) is 3.36. The quantitative estimate of drug-likeness (QED) is 0.0812. The minimum atomic E-state index is 0.187. The first-order valence-corrected chi connectivity index (χ1v) is 25.2. The van der Waals surface area contributed by atoms with E-state index in [1.54, 1.807) is 23.5 Å². The molecule has 0 aliphatic carbocycles. The maximum atomic E-state index is 12.7. The SMILES string of the molecule is CSc1nc2c(c(N3CCN(CC(=O)c4ccccc4)CC3)n1)CCN(c1cc(C)cc3ccccc13)C2.CSc1nc2c(c(N3CCN(CC(=O)c4ccccc4)CC3)n1)CCNC2. The maximum absolute atomic E-state index is 12.7. The highest BCUT2D eigenvalue weighted by Gasteiger charge is 2.29. The Hall–Kier alpha value is -5.38. The van der Waals surface area contributed by atoms with E-state index in [0.29, 0.717) is 13.1 Å². The highest BCUT2D eigenvalue weighted by molar-refractivity contribution is 7.98. The van der Waals surface area contributed by atoms with Crippen molar-refractivity contribution in [2.45, 2.75) is 43.2 Å². The van der Waals surface area contributed by atoms with E-state index < -0.39 is 0 Å². The number of piperazine rings is 2. The van der Waals surface area contributed by atoms with Crippen LogP contribution in [0.3, 0.4) is 0 Å². The van der Waals surface area contributed by atoms with Crippen molar-refractivity contribution in [1.82, 2.24) is 35.1 Å². The molecular weight excluding hydrogens is 849 g/mol. The Labute approximate surface area is 391 Å². The predicted octanol–water partition coefficient (Wildman–Crippen LogP) is 7.08. The van der Waals surface area contributed by atoms with Gasteiger partial charge >= 0.3 is 0 Å². The van der Waals surface area contributed by atoms with Crippen LogP contribution in [0, 0.1) is 6.92 Å². The van der Waals surface area contributed by atoms with Crippen LogP contribution in [-0.4, -0.2) is 132 Å². The summed E-state index contributed by atoms with van der Waals surface area (Å²) in [5.74, 6) is 2.56. The van der Waals surface area contributed by atoms with Gasteiger partial charge in [0, 0.05) is 98.8 Å². The van der Waals surface area contributed by atoms with Gasteiger partial charge in [-0.2, -0.15) is 0 Å². The van der Waals surface area contributed by atoms with Gasteiger partial charge in [0.15, 0.2) is 21.9 Å². The van der Waals surface area contributed by atoms with Crippen molar-refractivity contribution in [2.24, 2.45) is 0 Å². The summed E-state index contributed by atoms with van der Waals surface area (Å²) in [6, 6.07) is 32.4. The summed E-state index contributed by atoms with van der Waals surface area (Å²) in [6.07, 6.45) is 5.97. The van der Waals surface area contributed by atoms with Gasteiger partial charge in [-0.05, 0) is 55.8 Å². The number of fused-ring (bicyclic) bond motifs is 3. The van der Waals surface area contributed by atoms with Gasteiger partial charge in [0.1, 0.15) is 11.6 Å². The van der Waals surface area contributed by atoms with Crippen LogP contribution in [0.5, 0.6) is 0 Å². The molecule has 0 unspecified atom stereocenters. The number of aryl methyl sites for hydroxylation is 1. The Morgan fingerprint density at radius 2 is 1.11 bits per heavy atom. The van der Waals surface area contributed by atoms with E-state index in [1.807, 2.05) is 73.2 Å². The van der Waals surface area contributed by atoms with E-state index in [2.05, 4.69) is 78.1 Å². The number of carbonyl (C=O) groups is 2. The maximum Gasteiger partial charge on any atom is 0.189 e. The van der Waals surface area contributed by atoms with Crippen molar-refractivity contribution in [1.29, 1.82) is 0 Å². The molecule has 1 N–H and O–H groups in total. The number of anilines is 3. The topological polar surface area (TPSA) is 114 Å². The van der Waals surface area contributed by atoms with Crippen LogP contribution in [0.15, 0.2) is 107 Å². The second-order valence-corrected chi connectivity index (χ2v) is 18.7. The van der Waals surface area contributed by atoms with Crippen LogP contribution in [-0.2, 0) is 25.9 Å². The molecule has 4 aliphatic heterocycles. The Balaban J connectivity index is 0.000000174. The fraction of sp³-hybridized carbons (Fsp3) is 0.373. The van der Waals surface area contributed by atoms with Crippen molar-refractivity contribution >= 4 is 63.2 Å². The molecule has 0 spiro atoms. The number of nitrogens with one attached hydrogen (secondary N) is 1. The fourth-order valence-corrected chi connectivity index (χ4v) is 10.1. The van der Waals surface area contributed by atoms with Crippen molar-refractivity contribution in [3.8, 4) is 0 Å². The monoisotopic (exact) mass is 906 g/mol. The zero-order valence-corrected chi connectivity index (χ0v) is 39.3. The van der Waals surface area contributed by atoms with Gasteiger partial charge in [-0.1, -0.05) is 115 Å².